The van der Waals surface area contributed by atoms with E-state index in [1.54, 1.807) is 48.4 Å². The van der Waals surface area contributed by atoms with Crippen molar-refractivity contribution in [1.82, 2.24) is 20.0 Å². The van der Waals surface area contributed by atoms with Gasteiger partial charge in [-0.05, 0) is 30.3 Å². The molecule has 1 fully saturated rings. The van der Waals surface area contributed by atoms with Gasteiger partial charge in [0.25, 0.3) is 0 Å². The number of carbonyl (C=O) groups excluding carboxylic acids is 1. The van der Waals surface area contributed by atoms with E-state index >= 15 is 0 Å². The van der Waals surface area contributed by atoms with Gasteiger partial charge in [0.2, 0.25) is 0 Å². The second-order valence-corrected chi connectivity index (χ2v) is 6.26. The van der Waals surface area contributed by atoms with Gasteiger partial charge in [-0.15, -0.1) is 5.10 Å². The lowest BCUT2D eigenvalue weighted by Gasteiger charge is -2.14. The highest BCUT2D eigenvalue weighted by atomic mass is 19.1. The van der Waals surface area contributed by atoms with Crippen LogP contribution in [0, 0.1) is 5.82 Å². The molecular formula is C18H17FN6O3. The molecule has 1 aliphatic heterocycles. The minimum absolute atomic E-state index is 0.179. The topological polar surface area (TPSA) is 105 Å². The molecule has 4 rings (SSSR count). The Bertz CT molecular complexity index is 1010. The third-order valence-electron chi connectivity index (χ3n) is 4.39. The number of halogens is 1. The molecule has 1 amide bonds. The SMILES string of the molecule is Cn1nncc1Nc1ccc(-c2ccc(N3C[C@H](CO)OC3=O)cc2F)cn1. The summed E-state index contributed by atoms with van der Waals surface area (Å²) in [6, 6.07) is 7.94. The zero-order valence-corrected chi connectivity index (χ0v) is 14.9. The first-order valence-electron chi connectivity index (χ1n) is 8.52. The predicted octanol–water partition coefficient (Wildman–Crippen LogP) is 2.08. The van der Waals surface area contributed by atoms with Gasteiger partial charge in [0.05, 0.1) is 25.0 Å². The largest absolute Gasteiger partial charge is 0.441 e. The smallest absolute Gasteiger partial charge is 0.414 e. The van der Waals surface area contributed by atoms with Crippen LogP contribution in [0.15, 0.2) is 42.7 Å². The number of nitrogens with one attached hydrogen (secondary N) is 1. The van der Waals surface area contributed by atoms with Gasteiger partial charge in [-0.1, -0.05) is 5.21 Å². The molecule has 0 spiro atoms. The van der Waals surface area contributed by atoms with E-state index in [0.717, 1.165) is 0 Å². The standard InChI is InChI=1S/C18H17FN6O3/c1-24-17(8-21-23-24)22-16-5-2-11(7-20-16)14-4-3-12(6-15(14)19)25-9-13(10-26)28-18(25)27/h2-8,13,26H,9-10H2,1H3,(H,20,22)/t13-/m1/s1. The lowest BCUT2D eigenvalue weighted by Crippen LogP contribution is -2.25. The molecule has 0 unspecified atom stereocenters. The van der Waals surface area contributed by atoms with E-state index in [9.17, 15) is 9.18 Å². The fourth-order valence-corrected chi connectivity index (χ4v) is 2.89. The molecule has 1 aliphatic rings. The third-order valence-corrected chi connectivity index (χ3v) is 4.39. The van der Waals surface area contributed by atoms with Crippen LogP contribution in [-0.4, -0.2) is 50.4 Å². The number of aryl methyl sites for hydroxylation is 1. The molecule has 144 valence electrons. The number of benzene rings is 1. The molecule has 3 heterocycles. The van der Waals surface area contributed by atoms with Gasteiger partial charge in [-0.25, -0.2) is 18.9 Å². The fraction of sp³-hybridized carbons (Fsp3) is 0.222. The zero-order valence-electron chi connectivity index (χ0n) is 14.9. The summed E-state index contributed by atoms with van der Waals surface area (Å²) in [5, 5.41) is 19.8. The molecule has 9 nitrogen and oxygen atoms in total. The van der Waals surface area contributed by atoms with Crippen molar-refractivity contribution in [3.63, 3.8) is 0 Å². The Balaban J connectivity index is 1.53. The average Bonchev–Trinajstić information content (AvgIpc) is 3.28. The number of anilines is 3. The van der Waals surface area contributed by atoms with Crippen molar-refractivity contribution in [3.8, 4) is 11.1 Å². The molecule has 0 saturated carbocycles. The van der Waals surface area contributed by atoms with Crippen LogP contribution in [-0.2, 0) is 11.8 Å². The highest BCUT2D eigenvalue weighted by molar-refractivity contribution is 5.90. The second kappa shape index (κ2) is 7.24. The molecule has 0 bridgehead atoms. The predicted molar refractivity (Wildman–Crippen MR) is 98.6 cm³/mol. The number of amides is 1. The Morgan fingerprint density at radius 1 is 1.32 bits per heavy atom. The van der Waals surface area contributed by atoms with Gasteiger partial charge in [-0.3, -0.25) is 4.90 Å². The lowest BCUT2D eigenvalue weighted by molar-refractivity contribution is 0.0963. The summed E-state index contributed by atoms with van der Waals surface area (Å²) in [7, 11) is 1.75. The number of cyclic esters (lactones) is 1. The fourth-order valence-electron chi connectivity index (χ4n) is 2.89. The minimum Gasteiger partial charge on any atom is -0.441 e. The van der Waals surface area contributed by atoms with E-state index < -0.39 is 18.0 Å². The van der Waals surface area contributed by atoms with Crippen molar-refractivity contribution in [3.05, 3.63) is 48.5 Å². The van der Waals surface area contributed by atoms with Gasteiger partial charge in [0.15, 0.2) is 0 Å². The van der Waals surface area contributed by atoms with Gasteiger partial charge in [0.1, 0.15) is 23.6 Å². The number of hydrogen-bond donors (Lipinski definition) is 2. The normalized spacial score (nSPS) is 16.3. The first-order chi connectivity index (χ1) is 13.5. The van der Waals surface area contributed by atoms with E-state index in [1.807, 2.05) is 0 Å². The van der Waals surface area contributed by atoms with Crippen molar-refractivity contribution in [1.29, 1.82) is 0 Å². The van der Waals surface area contributed by atoms with E-state index in [2.05, 4.69) is 20.6 Å². The summed E-state index contributed by atoms with van der Waals surface area (Å²) in [5.41, 5.74) is 1.32. The highest BCUT2D eigenvalue weighted by Crippen LogP contribution is 2.29. The van der Waals surface area contributed by atoms with Crippen LogP contribution in [0.3, 0.4) is 0 Å². The van der Waals surface area contributed by atoms with Crippen molar-refractivity contribution in [2.45, 2.75) is 6.10 Å². The summed E-state index contributed by atoms with van der Waals surface area (Å²) >= 11 is 0. The van der Waals surface area contributed by atoms with Gasteiger partial charge in [-0.2, -0.15) is 0 Å². The van der Waals surface area contributed by atoms with E-state index in [1.165, 1.54) is 11.0 Å². The molecule has 3 aromatic rings. The Hall–Kier alpha value is -3.53. The molecule has 0 radical (unpaired) electrons. The molecule has 2 aromatic heterocycles. The molecule has 10 heteroatoms. The Kier molecular flexibility index (Phi) is 4.62. The van der Waals surface area contributed by atoms with Crippen molar-refractivity contribution in [2.24, 2.45) is 7.05 Å². The number of pyridine rings is 1. The molecular weight excluding hydrogens is 367 g/mol. The maximum atomic E-state index is 14.7. The number of aliphatic hydroxyl groups excluding tert-OH is 1. The number of aromatic nitrogens is 4. The van der Waals surface area contributed by atoms with Crippen LogP contribution in [0.4, 0.5) is 26.5 Å². The van der Waals surface area contributed by atoms with E-state index in [0.29, 0.717) is 28.5 Å². The quantitative estimate of drug-likeness (QED) is 0.694. The zero-order chi connectivity index (χ0) is 19.7. The number of aliphatic hydroxyl groups is 1. The molecule has 1 aromatic carbocycles. The molecule has 0 aliphatic carbocycles. The number of carbonyl (C=O) groups is 1. The van der Waals surface area contributed by atoms with Crippen molar-refractivity contribution >= 4 is 23.4 Å². The third kappa shape index (κ3) is 3.37. The lowest BCUT2D eigenvalue weighted by atomic mass is 10.1. The number of ether oxygens (including phenoxy) is 1. The monoisotopic (exact) mass is 384 g/mol. The van der Waals surface area contributed by atoms with Crippen LogP contribution < -0.4 is 10.2 Å². The summed E-state index contributed by atoms with van der Waals surface area (Å²) in [5.74, 6) is 0.756. The van der Waals surface area contributed by atoms with Crippen LogP contribution in [0.2, 0.25) is 0 Å². The average molecular weight is 384 g/mol. The molecule has 2 N–H and O–H groups in total. The first-order valence-corrected chi connectivity index (χ1v) is 8.52. The second-order valence-electron chi connectivity index (χ2n) is 6.26. The van der Waals surface area contributed by atoms with E-state index in [-0.39, 0.29) is 13.2 Å². The van der Waals surface area contributed by atoms with Gasteiger partial charge < -0.3 is 15.2 Å². The maximum Gasteiger partial charge on any atom is 0.414 e. The van der Waals surface area contributed by atoms with Crippen molar-refractivity contribution in [2.75, 3.05) is 23.4 Å². The maximum absolute atomic E-state index is 14.7. The molecule has 28 heavy (non-hydrogen) atoms. The van der Waals surface area contributed by atoms with Crippen LogP contribution >= 0.6 is 0 Å². The van der Waals surface area contributed by atoms with Crippen LogP contribution in [0.5, 0.6) is 0 Å². The summed E-state index contributed by atoms with van der Waals surface area (Å²) in [6.07, 6.45) is 1.91. The Morgan fingerprint density at radius 3 is 2.79 bits per heavy atom. The van der Waals surface area contributed by atoms with Gasteiger partial charge in [0, 0.05) is 24.4 Å². The van der Waals surface area contributed by atoms with Crippen LogP contribution in [0.25, 0.3) is 11.1 Å². The Morgan fingerprint density at radius 2 is 2.18 bits per heavy atom. The summed E-state index contributed by atoms with van der Waals surface area (Å²) in [6.45, 7) is -0.0946. The first kappa shape index (κ1) is 17.9. The summed E-state index contributed by atoms with van der Waals surface area (Å²) < 4.78 is 21.2. The molecule has 1 atom stereocenters. The van der Waals surface area contributed by atoms with E-state index in [4.69, 9.17) is 9.84 Å². The minimum atomic E-state index is -0.604. The number of hydrogen-bond acceptors (Lipinski definition) is 7. The Labute approximate surface area is 159 Å². The number of nitrogens with zero attached hydrogens (tertiary/aromatic N) is 5. The van der Waals surface area contributed by atoms with Crippen LogP contribution in [0.1, 0.15) is 0 Å². The molecule has 1 saturated heterocycles. The summed E-state index contributed by atoms with van der Waals surface area (Å²) in [4.78, 5) is 17.4. The van der Waals surface area contributed by atoms with Crippen molar-refractivity contribution < 1.29 is 19.0 Å². The highest BCUT2D eigenvalue weighted by Gasteiger charge is 2.32. The van der Waals surface area contributed by atoms with Gasteiger partial charge >= 0.3 is 6.09 Å². The number of rotatable bonds is 5.